The molecule has 0 radical (unpaired) electrons. The monoisotopic (exact) mass is 346 g/mol. The highest BCUT2D eigenvalue weighted by molar-refractivity contribution is 7.99. The fourth-order valence-corrected chi connectivity index (χ4v) is 3.94. The third-order valence-corrected chi connectivity index (χ3v) is 5.37. The second-order valence-electron chi connectivity index (χ2n) is 6.47. The van der Waals surface area contributed by atoms with Crippen molar-refractivity contribution in [1.29, 1.82) is 0 Å². The van der Waals surface area contributed by atoms with E-state index in [0.29, 0.717) is 11.6 Å². The lowest BCUT2D eigenvalue weighted by Gasteiger charge is -2.20. The Labute approximate surface area is 145 Å². The molecule has 3 rings (SSSR count). The van der Waals surface area contributed by atoms with Crippen LogP contribution in [0.2, 0.25) is 0 Å². The van der Waals surface area contributed by atoms with Crippen LogP contribution in [0.3, 0.4) is 0 Å². The average Bonchev–Trinajstić information content (AvgIpc) is 3.11. The van der Waals surface area contributed by atoms with Crippen molar-refractivity contribution >= 4 is 34.5 Å². The van der Waals surface area contributed by atoms with E-state index in [4.69, 9.17) is 4.74 Å². The van der Waals surface area contributed by atoms with E-state index >= 15 is 0 Å². The Bertz CT molecular complexity index is 725. The Hall–Kier alpha value is -1.82. The molecule has 0 saturated carbocycles. The van der Waals surface area contributed by atoms with Gasteiger partial charge in [-0.3, -0.25) is 9.59 Å². The number of carbonyl (C=O) groups excluding carboxylic acids is 2. The number of carbonyl (C=O) groups is 2. The number of unbranched alkanes of at least 4 members (excludes halogenated alkanes) is 1. The maximum atomic E-state index is 12.6. The van der Waals surface area contributed by atoms with Gasteiger partial charge in [0.05, 0.1) is 22.7 Å². The summed E-state index contributed by atoms with van der Waals surface area (Å²) in [5, 5.41) is 0.708. The maximum Gasteiger partial charge on any atom is 0.310 e. The molecule has 2 atom stereocenters. The van der Waals surface area contributed by atoms with E-state index in [9.17, 15) is 9.59 Å². The SMILES string of the molecule is CCCC[C@@H]1C[C@](C)(C(=O)CSc2nc3ccccc3[nH]2)OC1=O. The van der Waals surface area contributed by atoms with Crippen LogP contribution in [0.25, 0.3) is 11.0 Å². The largest absolute Gasteiger partial charge is 0.451 e. The summed E-state index contributed by atoms with van der Waals surface area (Å²) in [6.07, 6.45) is 3.31. The van der Waals surface area contributed by atoms with Crippen LogP contribution >= 0.6 is 11.8 Å². The second-order valence-corrected chi connectivity index (χ2v) is 7.43. The van der Waals surface area contributed by atoms with E-state index in [0.717, 1.165) is 30.3 Å². The minimum absolute atomic E-state index is 0.0553. The summed E-state index contributed by atoms with van der Waals surface area (Å²) in [6.45, 7) is 3.83. The number of aromatic amines is 1. The number of hydrogen-bond donors (Lipinski definition) is 1. The van der Waals surface area contributed by atoms with Crippen LogP contribution in [-0.4, -0.2) is 33.1 Å². The summed E-state index contributed by atoms with van der Waals surface area (Å²) >= 11 is 1.35. The molecule has 24 heavy (non-hydrogen) atoms. The van der Waals surface area contributed by atoms with Crippen molar-refractivity contribution in [3.05, 3.63) is 24.3 Å². The molecule has 0 unspecified atom stereocenters. The number of rotatable bonds is 7. The predicted octanol–water partition coefficient (Wildman–Crippen LogP) is 3.74. The van der Waals surface area contributed by atoms with Gasteiger partial charge in [0, 0.05) is 6.42 Å². The molecule has 1 saturated heterocycles. The minimum Gasteiger partial charge on any atom is -0.451 e. The number of hydrogen-bond acceptors (Lipinski definition) is 5. The number of imidazole rings is 1. The van der Waals surface area contributed by atoms with Gasteiger partial charge in [-0.2, -0.15) is 0 Å². The number of ketones is 1. The van der Waals surface area contributed by atoms with Gasteiger partial charge < -0.3 is 9.72 Å². The van der Waals surface area contributed by atoms with E-state index in [-0.39, 0.29) is 23.4 Å². The number of thioether (sulfide) groups is 1. The predicted molar refractivity (Wildman–Crippen MR) is 94.0 cm³/mol. The van der Waals surface area contributed by atoms with Gasteiger partial charge in [0.1, 0.15) is 0 Å². The molecule has 1 fully saturated rings. The number of esters is 1. The first-order valence-electron chi connectivity index (χ1n) is 8.35. The smallest absolute Gasteiger partial charge is 0.310 e. The van der Waals surface area contributed by atoms with Gasteiger partial charge in [0.2, 0.25) is 0 Å². The molecule has 2 aromatic rings. The van der Waals surface area contributed by atoms with E-state index in [1.165, 1.54) is 11.8 Å². The standard InChI is InChI=1S/C18H22N2O3S/c1-3-4-7-12-10-18(2,23-16(12)22)15(21)11-24-17-19-13-8-5-6-9-14(13)20-17/h5-6,8-9,12H,3-4,7,10-11H2,1-2H3,(H,19,20)/t12-,18-/m1/s1. The van der Waals surface area contributed by atoms with Crippen molar-refractivity contribution < 1.29 is 14.3 Å². The van der Waals surface area contributed by atoms with Crippen molar-refractivity contribution in [3.63, 3.8) is 0 Å². The highest BCUT2D eigenvalue weighted by Crippen LogP contribution is 2.35. The summed E-state index contributed by atoms with van der Waals surface area (Å²) < 4.78 is 5.44. The van der Waals surface area contributed by atoms with Crippen molar-refractivity contribution in [2.24, 2.45) is 5.92 Å². The molecule has 6 heteroatoms. The number of H-pyrrole nitrogens is 1. The van der Waals surface area contributed by atoms with E-state index < -0.39 is 5.60 Å². The number of para-hydroxylation sites is 2. The zero-order chi connectivity index (χ0) is 17.2. The van der Waals surface area contributed by atoms with Crippen LogP contribution in [0.5, 0.6) is 0 Å². The molecule has 1 aromatic carbocycles. The van der Waals surface area contributed by atoms with Crippen molar-refractivity contribution in [2.75, 3.05) is 5.75 Å². The zero-order valence-electron chi connectivity index (χ0n) is 14.0. The fraction of sp³-hybridized carbons (Fsp3) is 0.500. The Morgan fingerprint density at radius 1 is 1.46 bits per heavy atom. The quantitative estimate of drug-likeness (QED) is 0.611. The van der Waals surface area contributed by atoms with Gasteiger partial charge >= 0.3 is 5.97 Å². The molecule has 128 valence electrons. The van der Waals surface area contributed by atoms with Gasteiger partial charge in [0.25, 0.3) is 0 Å². The maximum absolute atomic E-state index is 12.6. The number of benzene rings is 1. The number of ether oxygens (including phenoxy) is 1. The molecule has 1 aliphatic heterocycles. The highest BCUT2D eigenvalue weighted by Gasteiger charge is 2.47. The number of fused-ring (bicyclic) bond motifs is 1. The number of Topliss-reactive ketones (excluding diaryl/α,β-unsaturated/α-hetero) is 1. The summed E-state index contributed by atoms with van der Waals surface area (Å²) in [6, 6.07) is 7.75. The lowest BCUT2D eigenvalue weighted by atomic mass is 9.90. The van der Waals surface area contributed by atoms with Crippen LogP contribution < -0.4 is 0 Å². The van der Waals surface area contributed by atoms with Crippen LogP contribution in [0.4, 0.5) is 0 Å². The van der Waals surface area contributed by atoms with Crippen LogP contribution in [0, 0.1) is 5.92 Å². The second kappa shape index (κ2) is 6.97. The average molecular weight is 346 g/mol. The molecule has 0 bridgehead atoms. The first-order valence-corrected chi connectivity index (χ1v) is 9.34. The molecule has 0 amide bonds. The number of nitrogens with one attached hydrogen (secondary N) is 1. The fourth-order valence-electron chi connectivity index (χ4n) is 3.03. The Morgan fingerprint density at radius 3 is 3.00 bits per heavy atom. The van der Waals surface area contributed by atoms with Gasteiger partial charge in [-0.05, 0) is 25.5 Å². The lowest BCUT2D eigenvalue weighted by Crippen LogP contribution is -2.36. The Kier molecular flexibility index (Phi) is 4.94. The first-order chi connectivity index (χ1) is 11.5. The van der Waals surface area contributed by atoms with Crippen LogP contribution in [-0.2, 0) is 14.3 Å². The zero-order valence-corrected chi connectivity index (χ0v) is 14.8. The minimum atomic E-state index is -0.992. The summed E-state index contributed by atoms with van der Waals surface area (Å²) in [7, 11) is 0. The molecule has 1 aliphatic rings. The molecule has 0 aliphatic carbocycles. The third-order valence-electron chi connectivity index (χ3n) is 4.50. The third kappa shape index (κ3) is 3.48. The van der Waals surface area contributed by atoms with Gasteiger partial charge in [-0.25, -0.2) is 4.98 Å². The Balaban J connectivity index is 1.61. The first kappa shape index (κ1) is 17.0. The number of aromatic nitrogens is 2. The van der Waals surface area contributed by atoms with Crippen LogP contribution in [0.1, 0.15) is 39.5 Å². The van der Waals surface area contributed by atoms with Crippen molar-refractivity contribution in [3.8, 4) is 0 Å². The number of cyclic esters (lactones) is 1. The van der Waals surface area contributed by atoms with Crippen LogP contribution in [0.15, 0.2) is 29.4 Å². The van der Waals surface area contributed by atoms with E-state index in [1.807, 2.05) is 24.3 Å². The molecule has 1 aromatic heterocycles. The number of nitrogens with zero attached hydrogens (tertiary/aromatic N) is 1. The summed E-state index contributed by atoms with van der Waals surface area (Å²) in [5.41, 5.74) is 0.838. The molecule has 5 nitrogen and oxygen atoms in total. The van der Waals surface area contributed by atoms with Gasteiger partial charge in [0.15, 0.2) is 16.5 Å². The summed E-state index contributed by atoms with van der Waals surface area (Å²) in [4.78, 5) is 32.2. The molecule has 0 spiro atoms. The summed E-state index contributed by atoms with van der Waals surface area (Å²) in [5.74, 6) is -0.187. The molecular weight excluding hydrogens is 324 g/mol. The molecule has 2 heterocycles. The topological polar surface area (TPSA) is 72.1 Å². The van der Waals surface area contributed by atoms with Crippen molar-refractivity contribution in [2.45, 2.75) is 50.3 Å². The molecular formula is C18H22N2O3S. The Morgan fingerprint density at radius 2 is 2.25 bits per heavy atom. The molecule has 1 N–H and O–H groups in total. The lowest BCUT2D eigenvalue weighted by molar-refractivity contribution is -0.156. The highest BCUT2D eigenvalue weighted by atomic mass is 32.2. The van der Waals surface area contributed by atoms with Crippen molar-refractivity contribution in [1.82, 2.24) is 9.97 Å². The van der Waals surface area contributed by atoms with E-state index in [2.05, 4.69) is 16.9 Å². The van der Waals surface area contributed by atoms with Gasteiger partial charge in [-0.1, -0.05) is 43.7 Å². The normalized spacial score (nSPS) is 23.6. The van der Waals surface area contributed by atoms with Gasteiger partial charge in [-0.15, -0.1) is 0 Å². The van der Waals surface area contributed by atoms with E-state index in [1.54, 1.807) is 6.92 Å².